The Morgan fingerprint density at radius 1 is 0.500 bits per heavy atom. The minimum Gasteiger partial charge on any atom is -0.252 e. The summed E-state index contributed by atoms with van der Waals surface area (Å²) in [6.07, 6.45) is 22.0. The van der Waals surface area contributed by atoms with Gasteiger partial charge in [-0.1, -0.05) is 79.1 Å². The zero-order valence-corrected chi connectivity index (χ0v) is 23.1. The Balaban J connectivity index is 1.43. The van der Waals surface area contributed by atoms with Gasteiger partial charge in [-0.2, -0.15) is 0 Å². The molecule has 2 rings (SSSR count). The fraction of sp³-hybridized carbons (Fsp3) is 1.00. The van der Waals surface area contributed by atoms with E-state index in [0.717, 1.165) is 74.0 Å². The molecule has 6 unspecified atom stereocenters. The fourth-order valence-corrected chi connectivity index (χ4v) is 7.59. The average molecular weight is 483 g/mol. The lowest BCUT2D eigenvalue weighted by molar-refractivity contribution is -0.284. The third-order valence-electron chi connectivity index (χ3n) is 8.85. The standard InChI is InChI=1S/C30H58O4/c1-23-15-24(2)18-27(17-23)21-29(33-31)13-11-9-7-5-6-8-10-12-14-30(34-32)22-28-19-25(3)16-26(4)20-28/h23-32H,5-22H2,1-4H3. The van der Waals surface area contributed by atoms with Crippen LogP contribution in [-0.2, 0) is 9.78 Å². The molecule has 6 atom stereocenters. The molecule has 202 valence electrons. The lowest BCUT2D eigenvalue weighted by Gasteiger charge is -2.33. The highest BCUT2D eigenvalue weighted by Gasteiger charge is 2.27. The Morgan fingerprint density at radius 3 is 1.09 bits per heavy atom. The highest BCUT2D eigenvalue weighted by atomic mass is 17.1. The number of rotatable bonds is 17. The zero-order chi connectivity index (χ0) is 24.8. The first-order valence-electron chi connectivity index (χ1n) is 15.0. The molecule has 2 aliphatic carbocycles. The summed E-state index contributed by atoms with van der Waals surface area (Å²) in [6.45, 7) is 9.48. The van der Waals surface area contributed by atoms with Gasteiger partial charge in [0.05, 0.1) is 12.2 Å². The van der Waals surface area contributed by atoms with Gasteiger partial charge in [0.15, 0.2) is 0 Å². The average Bonchev–Trinajstić information content (AvgIpc) is 2.77. The van der Waals surface area contributed by atoms with E-state index in [1.165, 1.54) is 77.0 Å². The largest absolute Gasteiger partial charge is 0.252 e. The van der Waals surface area contributed by atoms with E-state index in [1.54, 1.807) is 0 Å². The summed E-state index contributed by atoms with van der Waals surface area (Å²) in [7, 11) is 0. The second-order valence-corrected chi connectivity index (χ2v) is 12.9. The molecular weight excluding hydrogens is 424 g/mol. The molecule has 0 radical (unpaired) electrons. The van der Waals surface area contributed by atoms with Crippen LogP contribution in [0.2, 0.25) is 0 Å². The van der Waals surface area contributed by atoms with Crippen LogP contribution in [0.25, 0.3) is 0 Å². The highest BCUT2D eigenvalue weighted by molar-refractivity contribution is 4.78. The molecule has 34 heavy (non-hydrogen) atoms. The maximum atomic E-state index is 9.36. The normalized spacial score (nSPS) is 31.9. The summed E-state index contributed by atoms with van der Waals surface area (Å²) in [5.41, 5.74) is 0. The number of unbranched alkanes of at least 4 members (excludes halogenated alkanes) is 7. The van der Waals surface area contributed by atoms with Gasteiger partial charge in [-0.3, -0.25) is 10.5 Å². The van der Waals surface area contributed by atoms with Gasteiger partial charge >= 0.3 is 0 Å². The van der Waals surface area contributed by atoms with Crippen molar-refractivity contribution in [2.45, 2.75) is 155 Å². The van der Waals surface area contributed by atoms with Crippen molar-refractivity contribution in [2.75, 3.05) is 0 Å². The lowest BCUT2D eigenvalue weighted by atomic mass is 9.74. The van der Waals surface area contributed by atoms with Crippen LogP contribution in [-0.4, -0.2) is 22.7 Å². The summed E-state index contributed by atoms with van der Waals surface area (Å²) in [5, 5.41) is 18.7. The van der Waals surface area contributed by atoms with Crippen LogP contribution in [0, 0.1) is 35.5 Å². The molecule has 0 saturated heterocycles. The van der Waals surface area contributed by atoms with E-state index >= 15 is 0 Å². The van der Waals surface area contributed by atoms with Crippen LogP contribution in [0.1, 0.15) is 143 Å². The first-order chi connectivity index (χ1) is 16.4. The van der Waals surface area contributed by atoms with E-state index in [1.807, 2.05) is 0 Å². The Hall–Kier alpha value is -0.160. The van der Waals surface area contributed by atoms with Crippen molar-refractivity contribution >= 4 is 0 Å². The Labute approximate surface area is 211 Å². The van der Waals surface area contributed by atoms with Crippen LogP contribution in [0.4, 0.5) is 0 Å². The predicted molar refractivity (Wildman–Crippen MR) is 142 cm³/mol. The van der Waals surface area contributed by atoms with Gasteiger partial charge in [-0.15, -0.1) is 0 Å². The maximum Gasteiger partial charge on any atom is 0.0930 e. The monoisotopic (exact) mass is 482 g/mol. The molecule has 0 heterocycles. The van der Waals surface area contributed by atoms with Crippen LogP contribution < -0.4 is 0 Å². The smallest absolute Gasteiger partial charge is 0.0930 e. The van der Waals surface area contributed by atoms with Gasteiger partial charge in [0.1, 0.15) is 0 Å². The van der Waals surface area contributed by atoms with Crippen LogP contribution in [0.15, 0.2) is 0 Å². The molecule has 0 aromatic rings. The third kappa shape index (κ3) is 12.7. The van der Waals surface area contributed by atoms with Gasteiger partial charge < -0.3 is 0 Å². The topological polar surface area (TPSA) is 58.9 Å². The van der Waals surface area contributed by atoms with Crippen molar-refractivity contribution in [3.63, 3.8) is 0 Å². The van der Waals surface area contributed by atoms with Gasteiger partial charge in [-0.25, -0.2) is 9.78 Å². The van der Waals surface area contributed by atoms with Gasteiger partial charge in [0.2, 0.25) is 0 Å². The Kier molecular flexibility index (Phi) is 15.3. The van der Waals surface area contributed by atoms with E-state index in [0.29, 0.717) is 0 Å². The minimum atomic E-state index is 0.0317. The summed E-state index contributed by atoms with van der Waals surface area (Å²) < 4.78 is 0. The molecule has 2 fully saturated rings. The van der Waals surface area contributed by atoms with Crippen molar-refractivity contribution in [1.82, 2.24) is 0 Å². The summed E-state index contributed by atoms with van der Waals surface area (Å²) in [4.78, 5) is 9.71. The molecule has 2 aliphatic rings. The molecule has 0 bridgehead atoms. The van der Waals surface area contributed by atoms with E-state index in [-0.39, 0.29) is 12.2 Å². The maximum absolute atomic E-state index is 9.36. The Bertz CT molecular complexity index is 434. The summed E-state index contributed by atoms with van der Waals surface area (Å²) in [5.74, 6) is 4.72. The van der Waals surface area contributed by atoms with Crippen LogP contribution in [0.5, 0.6) is 0 Å². The molecule has 0 aromatic heterocycles. The van der Waals surface area contributed by atoms with E-state index in [2.05, 4.69) is 27.7 Å². The first kappa shape index (κ1) is 30.1. The molecule has 0 spiro atoms. The molecule has 2 saturated carbocycles. The SMILES string of the molecule is CC1CC(C)CC(CC(CCCCCCCCCCC(CC2CC(C)CC(C)C2)OO)OO)C1. The molecular formula is C30H58O4. The lowest BCUT2D eigenvalue weighted by Crippen LogP contribution is -2.24. The molecule has 2 N–H and O–H groups in total. The van der Waals surface area contributed by atoms with Gasteiger partial charge in [0, 0.05) is 0 Å². The van der Waals surface area contributed by atoms with E-state index < -0.39 is 0 Å². The third-order valence-corrected chi connectivity index (χ3v) is 8.85. The van der Waals surface area contributed by atoms with Crippen molar-refractivity contribution in [3.05, 3.63) is 0 Å². The van der Waals surface area contributed by atoms with Crippen molar-refractivity contribution in [1.29, 1.82) is 0 Å². The minimum absolute atomic E-state index is 0.0317. The highest BCUT2D eigenvalue weighted by Crippen LogP contribution is 2.37. The van der Waals surface area contributed by atoms with Crippen LogP contribution >= 0.6 is 0 Å². The van der Waals surface area contributed by atoms with E-state index in [4.69, 9.17) is 9.78 Å². The fourth-order valence-electron chi connectivity index (χ4n) is 7.59. The quantitative estimate of drug-likeness (QED) is 0.123. The molecule has 0 amide bonds. The van der Waals surface area contributed by atoms with Gasteiger partial charge in [-0.05, 0) is 99.7 Å². The van der Waals surface area contributed by atoms with Crippen LogP contribution in [0.3, 0.4) is 0 Å². The van der Waals surface area contributed by atoms with E-state index in [9.17, 15) is 10.5 Å². The molecule has 4 nitrogen and oxygen atoms in total. The first-order valence-corrected chi connectivity index (χ1v) is 15.0. The predicted octanol–water partition coefficient (Wildman–Crippen LogP) is 9.53. The van der Waals surface area contributed by atoms with Crippen molar-refractivity contribution in [2.24, 2.45) is 35.5 Å². The Morgan fingerprint density at radius 2 is 0.794 bits per heavy atom. The summed E-state index contributed by atoms with van der Waals surface area (Å²) >= 11 is 0. The van der Waals surface area contributed by atoms with Crippen molar-refractivity contribution in [3.8, 4) is 0 Å². The molecule has 4 heteroatoms. The van der Waals surface area contributed by atoms with Crippen molar-refractivity contribution < 1.29 is 20.3 Å². The molecule has 0 aromatic carbocycles. The second-order valence-electron chi connectivity index (χ2n) is 12.9. The molecule has 0 aliphatic heterocycles. The van der Waals surface area contributed by atoms with Gasteiger partial charge in [0.25, 0.3) is 0 Å². The number of hydrogen-bond donors (Lipinski definition) is 2. The summed E-state index contributed by atoms with van der Waals surface area (Å²) in [6, 6.07) is 0. The zero-order valence-electron chi connectivity index (χ0n) is 23.1. The second kappa shape index (κ2) is 17.3. The number of hydrogen-bond acceptors (Lipinski definition) is 4.